The summed E-state index contributed by atoms with van der Waals surface area (Å²) in [5.74, 6) is -0.971. The van der Waals surface area contributed by atoms with Gasteiger partial charge in [0.1, 0.15) is 5.82 Å². The molecule has 5 rings (SSSR count). The van der Waals surface area contributed by atoms with Crippen LogP contribution >= 0.6 is 0 Å². The van der Waals surface area contributed by atoms with Crippen LogP contribution < -0.4 is 15.1 Å². The van der Waals surface area contributed by atoms with Gasteiger partial charge in [0.25, 0.3) is 11.8 Å². The van der Waals surface area contributed by atoms with Crippen LogP contribution in [0.3, 0.4) is 0 Å². The first-order valence-corrected chi connectivity index (χ1v) is 14.8. The van der Waals surface area contributed by atoms with E-state index in [-0.39, 0.29) is 24.2 Å². The molecule has 1 aliphatic heterocycles. The molecule has 0 spiro atoms. The molecule has 41 heavy (non-hydrogen) atoms. The molecular formula is C33H32FN3O3S. The van der Waals surface area contributed by atoms with Crippen LogP contribution in [0.5, 0.6) is 0 Å². The zero-order chi connectivity index (χ0) is 28.9. The third-order valence-corrected chi connectivity index (χ3v) is 8.67. The Balaban J connectivity index is 1.36. The second-order valence-electron chi connectivity index (χ2n) is 9.99. The average molecular weight is 570 g/mol. The van der Waals surface area contributed by atoms with Gasteiger partial charge in [0.15, 0.2) is 0 Å². The molecule has 0 aromatic heterocycles. The molecule has 4 aromatic rings. The summed E-state index contributed by atoms with van der Waals surface area (Å²) < 4.78 is 27.2. The van der Waals surface area contributed by atoms with Crippen molar-refractivity contribution in [2.75, 3.05) is 29.4 Å². The highest BCUT2D eigenvalue weighted by molar-refractivity contribution is 7.85. The number of nitrogens with one attached hydrogen (secondary N) is 1. The Bertz CT molecular complexity index is 1610. The molecule has 0 saturated carbocycles. The van der Waals surface area contributed by atoms with Crippen LogP contribution in [0, 0.1) is 12.7 Å². The van der Waals surface area contributed by atoms with Crippen molar-refractivity contribution in [1.29, 1.82) is 0 Å². The van der Waals surface area contributed by atoms with Crippen molar-refractivity contribution in [2.24, 2.45) is 0 Å². The highest BCUT2D eigenvalue weighted by Gasteiger charge is 2.31. The number of benzene rings is 4. The SMILES string of the molecule is CCN(CCCNC(=O)c1ccc2c(c1)N(Cc1ccc(F)cc1)C(=O)c1ccccc1[S@]2=O)c1cccc(C)c1. The lowest BCUT2D eigenvalue weighted by atomic mass is 10.1. The van der Waals surface area contributed by atoms with E-state index in [0.717, 1.165) is 25.2 Å². The van der Waals surface area contributed by atoms with Crippen LogP contribution in [0.15, 0.2) is 101 Å². The molecule has 2 amide bonds. The lowest BCUT2D eigenvalue weighted by molar-refractivity contribution is 0.0949. The maximum atomic E-state index is 13.8. The third kappa shape index (κ3) is 6.23. The van der Waals surface area contributed by atoms with Crippen LogP contribution in [0.25, 0.3) is 0 Å². The van der Waals surface area contributed by atoms with Gasteiger partial charge in [0.2, 0.25) is 0 Å². The molecule has 6 nitrogen and oxygen atoms in total. The Hall–Kier alpha value is -4.30. The predicted molar refractivity (Wildman–Crippen MR) is 160 cm³/mol. The van der Waals surface area contributed by atoms with Gasteiger partial charge in [-0.2, -0.15) is 0 Å². The van der Waals surface area contributed by atoms with Gasteiger partial charge >= 0.3 is 0 Å². The summed E-state index contributed by atoms with van der Waals surface area (Å²) in [4.78, 5) is 31.6. The molecule has 4 aromatic carbocycles. The zero-order valence-corrected chi connectivity index (χ0v) is 23.9. The second kappa shape index (κ2) is 12.5. The maximum Gasteiger partial charge on any atom is 0.259 e. The number of hydrogen-bond donors (Lipinski definition) is 1. The molecule has 0 bridgehead atoms. The molecule has 0 unspecified atom stereocenters. The Morgan fingerprint density at radius 2 is 1.73 bits per heavy atom. The molecular weight excluding hydrogens is 537 g/mol. The monoisotopic (exact) mass is 569 g/mol. The highest BCUT2D eigenvalue weighted by atomic mass is 32.2. The molecule has 1 atom stereocenters. The molecule has 0 aliphatic carbocycles. The lowest BCUT2D eigenvalue weighted by Gasteiger charge is -2.24. The van der Waals surface area contributed by atoms with E-state index in [1.165, 1.54) is 22.6 Å². The van der Waals surface area contributed by atoms with Gasteiger partial charge < -0.3 is 15.1 Å². The number of nitrogens with zero attached hydrogens (tertiary/aromatic N) is 2. The predicted octanol–water partition coefficient (Wildman–Crippen LogP) is 6.11. The van der Waals surface area contributed by atoms with Gasteiger partial charge in [-0.3, -0.25) is 9.59 Å². The molecule has 0 saturated heterocycles. The van der Waals surface area contributed by atoms with Gasteiger partial charge in [-0.1, -0.05) is 36.4 Å². The lowest BCUT2D eigenvalue weighted by Crippen LogP contribution is -2.31. The zero-order valence-electron chi connectivity index (χ0n) is 23.1. The van der Waals surface area contributed by atoms with Crippen molar-refractivity contribution in [3.05, 3.63) is 119 Å². The third-order valence-electron chi connectivity index (χ3n) is 7.17. The van der Waals surface area contributed by atoms with Gasteiger partial charge in [0, 0.05) is 30.9 Å². The minimum Gasteiger partial charge on any atom is -0.372 e. The number of fused-ring (bicyclic) bond motifs is 2. The molecule has 1 aliphatic rings. The number of halogens is 1. The van der Waals surface area contributed by atoms with Crippen molar-refractivity contribution in [3.63, 3.8) is 0 Å². The van der Waals surface area contributed by atoms with Crippen LogP contribution in [-0.2, 0) is 17.3 Å². The van der Waals surface area contributed by atoms with E-state index in [1.807, 2.05) is 6.07 Å². The summed E-state index contributed by atoms with van der Waals surface area (Å²) in [7, 11) is -1.62. The molecule has 0 radical (unpaired) electrons. The van der Waals surface area contributed by atoms with Crippen LogP contribution in [0.1, 0.15) is 45.2 Å². The van der Waals surface area contributed by atoms with E-state index >= 15 is 0 Å². The number of rotatable bonds is 9. The summed E-state index contributed by atoms with van der Waals surface area (Å²) in [6, 6.07) is 26.0. The fraction of sp³-hybridized carbons (Fsp3) is 0.212. The van der Waals surface area contributed by atoms with E-state index in [0.29, 0.717) is 38.7 Å². The first-order chi connectivity index (χ1) is 19.9. The Morgan fingerprint density at radius 3 is 2.49 bits per heavy atom. The number of amides is 2. The summed E-state index contributed by atoms with van der Waals surface area (Å²) in [6.45, 7) is 6.45. The van der Waals surface area contributed by atoms with Crippen molar-refractivity contribution in [3.8, 4) is 0 Å². The Labute approximate surface area is 242 Å². The second-order valence-corrected chi connectivity index (χ2v) is 11.4. The molecule has 1 heterocycles. The summed E-state index contributed by atoms with van der Waals surface area (Å²) in [5.41, 5.74) is 4.18. The minimum absolute atomic E-state index is 0.133. The fourth-order valence-electron chi connectivity index (χ4n) is 5.00. The number of aryl methyl sites for hydroxylation is 1. The van der Waals surface area contributed by atoms with Crippen LogP contribution in [0.2, 0.25) is 0 Å². The smallest absolute Gasteiger partial charge is 0.259 e. The molecule has 210 valence electrons. The van der Waals surface area contributed by atoms with E-state index in [2.05, 4.69) is 42.3 Å². The van der Waals surface area contributed by atoms with E-state index in [4.69, 9.17) is 0 Å². The summed E-state index contributed by atoms with van der Waals surface area (Å²) in [5, 5.41) is 2.99. The molecule has 8 heteroatoms. The van der Waals surface area contributed by atoms with Crippen molar-refractivity contribution < 1.29 is 18.2 Å². The first kappa shape index (κ1) is 28.2. The van der Waals surface area contributed by atoms with Gasteiger partial charge in [0.05, 0.1) is 38.4 Å². The van der Waals surface area contributed by atoms with Crippen molar-refractivity contribution in [2.45, 2.75) is 36.6 Å². The van der Waals surface area contributed by atoms with E-state index in [1.54, 1.807) is 54.6 Å². The molecule has 1 N–H and O–H groups in total. The Kier molecular flexibility index (Phi) is 8.59. The van der Waals surface area contributed by atoms with E-state index < -0.39 is 10.8 Å². The number of anilines is 2. The van der Waals surface area contributed by atoms with Gasteiger partial charge in [-0.05, 0) is 86.0 Å². The standard InChI is InChI=1S/C33H32FN3O3S/c1-3-36(27-9-6-8-23(2)20-27)19-7-18-35-32(38)25-14-17-31-29(21-25)37(22-24-12-15-26(34)16-13-24)33(39)28-10-4-5-11-30(28)41(31)40/h4-6,8-17,20-21H,3,7,18-19,22H2,1-2H3,(H,35,38)/t41-/m1/s1. The van der Waals surface area contributed by atoms with E-state index in [9.17, 15) is 18.2 Å². The van der Waals surface area contributed by atoms with Crippen molar-refractivity contribution >= 4 is 34.0 Å². The average Bonchev–Trinajstić information content (AvgIpc) is 3.07. The van der Waals surface area contributed by atoms with Gasteiger partial charge in [-0.15, -0.1) is 0 Å². The summed E-state index contributed by atoms with van der Waals surface area (Å²) in [6.07, 6.45) is 0.757. The summed E-state index contributed by atoms with van der Waals surface area (Å²) >= 11 is 0. The minimum atomic E-state index is -1.62. The van der Waals surface area contributed by atoms with Gasteiger partial charge in [-0.25, -0.2) is 8.60 Å². The highest BCUT2D eigenvalue weighted by Crippen LogP contribution is 2.36. The first-order valence-electron chi connectivity index (χ1n) is 13.7. The quantitative estimate of drug-likeness (QED) is 0.247. The van der Waals surface area contributed by atoms with Crippen LogP contribution in [0.4, 0.5) is 15.8 Å². The largest absolute Gasteiger partial charge is 0.372 e. The molecule has 0 fully saturated rings. The van der Waals surface area contributed by atoms with Crippen molar-refractivity contribution in [1.82, 2.24) is 5.32 Å². The normalized spacial score (nSPS) is 14.2. The number of carbonyl (C=O) groups excluding carboxylic acids is 2. The van der Waals surface area contributed by atoms with Crippen LogP contribution in [-0.4, -0.2) is 35.7 Å². The Morgan fingerprint density at radius 1 is 0.951 bits per heavy atom. The number of carbonyl (C=O) groups is 2. The maximum absolute atomic E-state index is 13.8. The fourth-order valence-corrected chi connectivity index (χ4v) is 6.35. The number of hydrogen-bond acceptors (Lipinski definition) is 4. The topological polar surface area (TPSA) is 69.7 Å².